The molecule has 1 aromatic heterocycles. The molecule has 2 rings (SSSR count). The van der Waals surface area contributed by atoms with E-state index in [1.54, 1.807) is 24.4 Å². The second-order valence-corrected chi connectivity index (χ2v) is 5.09. The minimum Gasteiger partial charge on any atom is -0.384 e. The second-order valence-electron chi connectivity index (χ2n) is 4.18. The van der Waals surface area contributed by atoms with Crippen LogP contribution in [0.4, 0.5) is 10.2 Å². The topological polar surface area (TPSA) is 77.0 Å². The number of aromatic nitrogens is 1. The van der Waals surface area contributed by atoms with Gasteiger partial charge in [-0.15, -0.1) is 0 Å². The Balaban J connectivity index is 2.27. The summed E-state index contributed by atoms with van der Waals surface area (Å²) < 4.78 is 14.6. The predicted octanol–water partition coefficient (Wildman–Crippen LogP) is 2.31. The first-order valence-electron chi connectivity index (χ1n) is 5.71. The lowest BCUT2D eigenvalue weighted by Gasteiger charge is -2.17. The lowest BCUT2D eigenvalue weighted by molar-refractivity contribution is 0.510. The third-order valence-corrected chi connectivity index (χ3v) is 3.31. The van der Waals surface area contributed by atoms with Gasteiger partial charge in [0.25, 0.3) is 0 Å². The summed E-state index contributed by atoms with van der Waals surface area (Å²) in [5, 5.41) is 0. The molecule has 0 fully saturated rings. The van der Waals surface area contributed by atoms with Crippen LogP contribution in [0.15, 0.2) is 41.0 Å². The van der Waals surface area contributed by atoms with E-state index in [1.807, 2.05) is 6.07 Å². The Morgan fingerprint density at radius 1 is 1.32 bits per heavy atom. The van der Waals surface area contributed by atoms with Crippen LogP contribution in [0.5, 0.6) is 0 Å². The van der Waals surface area contributed by atoms with E-state index in [2.05, 4.69) is 26.3 Å². The van der Waals surface area contributed by atoms with Gasteiger partial charge in [0.05, 0.1) is 6.04 Å². The monoisotopic (exact) mass is 324 g/mol. The van der Waals surface area contributed by atoms with Gasteiger partial charge in [-0.3, -0.25) is 11.3 Å². The zero-order valence-electron chi connectivity index (χ0n) is 10.1. The van der Waals surface area contributed by atoms with Gasteiger partial charge in [0.2, 0.25) is 0 Å². The van der Waals surface area contributed by atoms with Crippen molar-refractivity contribution in [3.8, 4) is 0 Å². The Bertz CT molecular complexity index is 576. The zero-order chi connectivity index (χ0) is 13.8. The van der Waals surface area contributed by atoms with Crippen LogP contribution in [0, 0.1) is 5.82 Å². The fourth-order valence-electron chi connectivity index (χ4n) is 1.90. The molecule has 100 valence electrons. The summed E-state index contributed by atoms with van der Waals surface area (Å²) in [6, 6.07) is 8.02. The summed E-state index contributed by atoms with van der Waals surface area (Å²) in [4.78, 5) is 3.92. The molecule has 0 spiro atoms. The highest BCUT2D eigenvalue weighted by molar-refractivity contribution is 9.10. The molecule has 5 N–H and O–H groups in total. The van der Waals surface area contributed by atoms with E-state index in [9.17, 15) is 4.39 Å². The molecule has 1 aromatic carbocycles. The van der Waals surface area contributed by atoms with Crippen LogP contribution in [0.2, 0.25) is 0 Å². The van der Waals surface area contributed by atoms with E-state index in [1.165, 1.54) is 6.07 Å². The molecule has 0 radical (unpaired) electrons. The van der Waals surface area contributed by atoms with Crippen molar-refractivity contribution in [2.24, 2.45) is 5.84 Å². The Morgan fingerprint density at radius 2 is 2.11 bits per heavy atom. The average molecular weight is 325 g/mol. The van der Waals surface area contributed by atoms with Gasteiger partial charge in [-0.2, -0.15) is 0 Å². The third-order valence-electron chi connectivity index (χ3n) is 2.82. The number of hydrogen-bond donors (Lipinski definition) is 3. The van der Waals surface area contributed by atoms with Crippen molar-refractivity contribution >= 4 is 21.7 Å². The lowest BCUT2D eigenvalue weighted by atomic mass is 9.99. The fourth-order valence-corrected chi connectivity index (χ4v) is 2.28. The molecule has 0 amide bonds. The Hall–Kier alpha value is -1.50. The number of nitrogen functional groups attached to an aromatic ring is 1. The van der Waals surface area contributed by atoms with Crippen molar-refractivity contribution in [2.75, 3.05) is 5.73 Å². The second kappa shape index (κ2) is 6.10. The molecular weight excluding hydrogens is 311 g/mol. The summed E-state index contributed by atoms with van der Waals surface area (Å²) in [6.07, 6.45) is 2.14. The van der Waals surface area contributed by atoms with Crippen molar-refractivity contribution < 1.29 is 4.39 Å². The number of nitrogens with two attached hydrogens (primary N) is 2. The van der Waals surface area contributed by atoms with Crippen LogP contribution in [0.1, 0.15) is 17.2 Å². The van der Waals surface area contributed by atoms with Crippen LogP contribution in [0.3, 0.4) is 0 Å². The first kappa shape index (κ1) is 13.9. The molecular formula is C13H14BrFN4. The standard InChI is InChI=1S/C13H14BrFN4/c14-9-1-2-11(15)10(7-9)12(19-17)5-8-3-4-18-13(16)6-8/h1-4,6-7,12,19H,5,17H2,(H2,16,18). The molecule has 0 aliphatic heterocycles. The summed E-state index contributed by atoms with van der Waals surface area (Å²) in [5.41, 5.74) is 9.70. The van der Waals surface area contributed by atoms with E-state index in [4.69, 9.17) is 11.6 Å². The molecule has 6 heteroatoms. The summed E-state index contributed by atoms with van der Waals surface area (Å²) in [6.45, 7) is 0. The molecule has 0 saturated carbocycles. The van der Waals surface area contributed by atoms with Crippen molar-refractivity contribution in [1.82, 2.24) is 10.4 Å². The molecule has 1 heterocycles. The average Bonchev–Trinajstić information content (AvgIpc) is 2.39. The van der Waals surface area contributed by atoms with Gasteiger partial charge < -0.3 is 5.73 Å². The van der Waals surface area contributed by atoms with E-state index in [-0.39, 0.29) is 11.9 Å². The Kier molecular flexibility index (Phi) is 4.47. The maximum absolute atomic E-state index is 13.8. The van der Waals surface area contributed by atoms with Crippen molar-refractivity contribution in [1.29, 1.82) is 0 Å². The first-order valence-corrected chi connectivity index (χ1v) is 6.51. The molecule has 0 bridgehead atoms. The molecule has 2 aromatic rings. The van der Waals surface area contributed by atoms with Gasteiger partial charge in [0, 0.05) is 16.2 Å². The Labute approximate surface area is 119 Å². The van der Waals surface area contributed by atoms with E-state index in [0.29, 0.717) is 17.8 Å². The SMILES string of the molecule is NNC(Cc1ccnc(N)c1)c1cc(Br)ccc1F. The van der Waals surface area contributed by atoms with Crippen LogP contribution in [0.25, 0.3) is 0 Å². The third kappa shape index (κ3) is 3.50. The molecule has 4 nitrogen and oxygen atoms in total. The highest BCUT2D eigenvalue weighted by Crippen LogP contribution is 2.24. The highest BCUT2D eigenvalue weighted by atomic mass is 79.9. The molecule has 0 aliphatic carbocycles. The van der Waals surface area contributed by atoms with Crippen LogP contribution < -0.4 is 17.0 Å². The number of hydrazine groups is 1. The van der Waals surface area contributed by atoms with Crippen LogP contribution >= 0.6 is 15.9 Å². The maximum atomic E-state index is 13.8. The van der Waals surface area contributed by atoms with Gasteiger partial charge in [0.15, 0.2) is 0 Å². The summed E-state index contributed by atoms with van der Waals surface area (Å²) in [7, 11) is 0. The van der Waals surface area contributed by atoms with Gasteiger partial charge in [-0.05, 0) is 42.3 Å². The maximum Gasteiger partial charge on any atom is 0.128 e. The smallest absolute Gasteiger partial charge is 0.128 e. The molecule has 19 heavy (non-hydrogen) atoms. The summed E-state index contributed by atoms with van der Waals surface area (Å²) >= 11 is 3.33. The van der Waals surface area contributed by atoms with E-state index < -0.39 is 0 Å². The van der Waals surface area contributed by atoms with Crippen LogP contribution in [-0.2, 0) is 6.42 Å². The van der Waals surface area contributed by atoms with E-state index in [0.717, 1.165) is 10.0 Å². The number of anilines is 1. The van der Waals surface area contributed by atoms with E-state index >= 15 is 0 Å². The minimum atomic E-state index is -0.334. The molecule has 1 atom stereocenters. The number of nitrogens with one attached hydrogen (secondary N) is 1. The number of rotatable bonds is 4. The zero-order valence-corrected chi connectivity index (χ0v) is 11.7. The normalized spacial score (nSPS) is 12.4. The van der Waals surface area contributed by atoms with Crippen molar-refractivity contribution in [3.63, 3.8) is 0 Å². The quantitative estimate of drug-likeness (QED) is 0.595. The van der Waals surface area contributed by atoms with Gasteiger partial charge in [0.1, 0.15) is 11.6 Å². The highest BCUT2D eigenvalue weighted by Gasteiger charge is 2.15. The number of hydrogen-bond acceptors (Lipinski definition) is 4. The number of halogens is 2. The van der Waals surface area contributed by atoms with Gasteiger partial charge in [-0.1, -0.05) is 15.9 Å². The number of benzene rings is 1. The van der Waals surface area contributed by atoms with Gasteiger partial charge >= 0.3 is 0 Å². The fraction of sp³-hybridized carbons (Fsp3) is 0.154. The van der Waals surface area contributed by atoms with Gasteiger partial charge in [-0.25, -0.2) is 9.37 Å². The Morgan fingerprint density at radius 3 is 2.79 bits per heavy atom. The predicted molar refractivity (Wildman–Crippen MR) is 76.5 cm³/mol. The van der Waals surface area contributed by atoms with Crippen molar-refractivity contribution in [2.45, 2.75) is 12.5 Å². The van der Waals surface area contributed by atoms with Crippen LogP contribution in [-0.4, -0.2) is 4.98 Å². The molecule has 0 aliphatic rings. The minimum absolute atomic E-state index is 0.298. The largest absolute Gasteiger partial charge is 0.384 e. The molecule has 0 saturated heterocycles. The first-order chi connectivity index (χ1) is 9.10. The number of nitrogens with zero attached hydrogens (tertiary/aromatic N) is 1. The lowest BCUT2D eigenvalue weighted by Crippen LogP contribution is -2.30. The summed E-state index contributed by atoms with van der Waals surface area (Å²) in [5.74, 6) is 5.67. The molecule has 1 unspecified atom stereocenters. The van der Waals surface area contributed by atoms with Crippen molar-refractivity contribution in [3.05, 3.63) is 57.9 Å². The number of pyridine rings is 1.